The van der Waals surface area contributed by atoms with E-state index in [-0.39, 0.29) is 0 Å². The van der Waals surface area contributed by atoms with Crippen molar-refractivity contribution in [3.05, 3.63) is 17.0 Å². The summed E-state index contributed by atoms with van der Waals surface area (Å²) >= 11 is 0. The predicted molar refractivity (Wildman–Crippen MR) is 61.7 cm³/mol. The maximum Gasteiger partial charge on any atom is 0.166 e. The summed E-state index contributed by atoms with van der Waals surface area (Å²) < 4.78 is 2.17. The van der Waals surface area contributed by atoms with Crippen molar-refractivity contribution in [2.24, 2.45) is 7.05 Å². The second-order valence-electron chi connectivity index (χ2n) is 4.49. The number of hydrogen-bond donors (Lipinski definition) is 0. The number of ketones is 1. The molecule has 1 aromatic heterocycles. The van der Waals surface area contributed by atoms with Gasteiger partial charge in [-0.1, -0.05) is 0 Å². The van der Waals surface area contributed by atoms with Crippen LogP contribution in [-0.4, -0.2) is 24.4 Å². The van der Waals surface area contributed by atoms with Gasteiger partial charge in [0.25, 0.3) is 0 Å². The number of aromatic nitrogens is 1. The molecule has 0 aliphatic heterocycles. The molecule has 0 bridgehead atoms. The van der Waals surface area contributed by atoms with Crippen LogP contribution in [0.5, 0.6) is 0 Å². The quantitative estimate of drug-likeness (QED) is 0.701. The van der Waals surface area contributed by atoms with E-state index in [1.807, 2.05) is 14.1 Å². The summed E-state index contributed by atoms with van der Waals surface area (Å²) in [7, 11) is 6.06. The summed E-state index contributed by atoms with van der Waals surface area (Å²) in [6, 6.07) is 0. The molecule has 0 unspecified atom stereocenters. The van der Waals surface area contributed by atoms with Crippen molar-refractivity contribution in [3.63, 3.8) is 0 Å². The molecular weight excluding hydrogens is 188 g/mol. The Labute approximate surface area is 90.7 Å². The van der Waals surface area contributed by atoms with Gasteiger partial charge in [-0.3, -0.25) is 4.79 Å². The number of anilines is 1. The number of fused-ring (bicyclic) bond motifs is 1. The van der Waals surface area contributed by atoms with Gasteiger partial charge < -0.3 is 9.47 Å². The zero-order valence-corrected chi connectivity index (χ0v) is 9.92. The second kappa shape index (κ2) is 3.40. The van der Waals surface area contributed by atoms with Gasteiger partial charge in [-0.15, -0.1) is 0 Å². The molecule has 0 fully saturated rings. The summed E-state index contributed by atoms with van der Waals surface area (Å²) in [5.41, 5.74) is 4.48. The van der Waals surface area contributed by atoms with E-state index in [0.717, 1.165) is 24.1 Å². The zero-order chi connectivity index (χ0) is 11.2. The fourth-order valence-electron chi connectivity index (χ4n) is 2.52. The van der Waals surface area contributed by atoms with E-state index in [1.54, 1.807) is 0 Å². The maximum absolute atomic E-state index is 11.9. The van der Waals surface area contributed by atoms with Crippen molar-refractivity contribution in [2.45, 2.75) is 26.2 Å². The van der Waals surface area contributed by atoms with Crippen molar-refractivity contribution >= 4 is 11.5 Å². The Bertz CT molecular complexity index is 416. The SMILES string of the molecule is Cc1c(N(C)C)c2c(n1C)CCCC2=O. The fourth-order valence-corrected chi connectivity index (χ4v) is 2.52. The van der Waals surface area contributed by atoms with Crippen LogP contribution in [0.1, 0.15) is 34.6 Å². The van der Waals surface area contributed by atoms with Gasteiger partial charge in [0.05, 0.1) is 11.3 Å². The van der Waals surface area contributed by atoms with Crippen LogP contribution in [0.2, 0.25) is 0 Å². The first kappa shape index (κ1) is 10.3. The minimum atomic E-state index is 0.309. The average molecular weight is 206 g/mol. The Morgan fingerprint density at radius 2 is 1.93 bits per heavy atom. The highest BCUT2D eigenvalue weighted by molar-refractivity contribution is 6.04. The summed E-state index contributed by atoms with van der Waals surface area (Å²) in [5.74, 6) is 0.309. The molecule has 3 nitrogen and oxygen atoms in total. The molecule has 0 N–H and O–H groups in total. The van der Waals surface area contributed by atoms with Gasteiger partial charge in [-0.05, 0) is 19.8 Å². The van der Waals surface area contributed by atoms with Crippen molar-refractivity contribution in [2.75, 3.05) is 19.0 Å². The first-order chi connectivity index (χ1) is 7.04. The normalized spacial score (nSPS) is 15.3. The zero-order valence-electron chi connectivity index (χ0n) is 9.92. The van der Waals surface area contributed by atoms with Gasteiger partial charge in [0.15, 0.2) is 5.78 Å². The number of carbonyl (C=O) groups excluding carboxylic acids is 1. The number of hydrogen-bond acceptors (Lipinski definition) is 2. The molecule has 82 valence electrons. The number of Topliss-reactive ketones (excluding diaryl/α,β-unsaturated/α-hetero) is 1. The third kappa shape index (κ3) is 1.37. The van der Waals surface area contributed by atoms with Gasteiger partial charge in [0.1, 0.15) is 0 Å². The summed E-state index contributed by atoms with van der Waals surface area (Å²) in [6.45, 7) is 2.08. The molecule has 2 rings (SSSR count). The highest BCUT2D eigenvalue weighted by atomic mass is 16.1. The topological polar surface area (TPSA) is 25.2 Å². The Kier molecular flexibility index (Phi) is 2.33. The van der Waals surface area contributed by atoms with Gasteiger partial charge in [-0.2, -0.15) is 0 Å². The van der Waals surface area contributed by atoms with E-state index in [1.165, 1.54) is 11.4 Å². The van der Waals surface area contributed by atoms with E-state index in [4.69, 9.17) is 0 Å². The second-order valence-corrected chi connectivity index (χ2v) is 4.49. The Hall–Kier alpha value is -1.25. The lowest BCUT2D eigenvalue weighted by Crippen LogP contribution is -2.16. The van der Waals surface area contributed by atoms with Gasteiger partial charge in [0.2, 0.25) is 0 Å². The molecule has 15 heavy (non-hydrogen) atoms. The third-order valence-corrected chi connectivity index (χ3v) is 3.32. The average Bonchev–Trinajstić information content (AvgIpc) is 2.43. The first-order valence-electron chi connectivity index (χ1n) is 5.42. The maximum atomic E-state index is 11.9. The molecule has 3 heteroatoms. The van der Waals surface area contributed by atoms with Crippen LogP contribution in [-0.2, 0) is 13.5 Å². The summed E-state index contributed by atoms with van der Waals surface area (Å²) in [6.07, 6.45) is 2.74. The lowest BCUT2D eigenvalue weighted by Gasteiger charge is -2.17. The highest BCUT2D eigenvalue weighted by Gasteiger charge is 2.27. The van der Waals surface area contributed by atoms with Crippen molar-refractivity contribution in [1.82, 2.24) is 4.57 Å². The van der Waals surface area contributed by atoms with Crippen LogP contribution in [0.15, 0.2) is 0 Å². The number of nitrogens with zero attached hydrogens (tertiary/aromatic N) is 2. The van der Waals surface area contributed by atoms with Crippen LogP contribution in [0, 0.1) is 6.92 Å². The Morgan fingerprint density at radius 3 is 2.53 bits per heavy atom. The lowest BCUT2D eigenvalue weighted by atomic mass is 9.95. The molecule has 0 saturated heterocycles. The van der Waals surface area contributed by atoms with Crippen LogP contribution < -0.4 is 4.90 Å². The molecule has 0 saturated carbocycles. The Balaban J connectivity index is 2.70. The molecule has 0 aromatic carbocycles. The summed E-state index contributed by atoms with van der Waals surface area (Å²) in [5, 5.41) is 0. The minimum absolute atomic E-state index is 0.309. The molecule has 0 atom stereocenters. The summed E-state index contributed by atoms with van der Waals surface area (Å²) in [4.78, 5) is 14.0. The third-order valence-electron chi connectivity index (χ3n) is 3.32. The standard InChI is InChI=1S/C12H18N2O/c1-8-12(13(2)3)11-9(14(8)4)6-5-7-10(11)15/h5-7H2,1-4H3. The Morgan fingerprint density at radius 1 is 1.27 bits per heavy atom. The smallest absolute Gasteiger partial charge is 0.166 e. The highest BCUT2D eigenvalue weighted by Crippen LogP contribution is 2.34. The van der Waals surface area contributed by atoms with E-state index in [9.17, 15) is 4.79 Å². The molecule has 1 heterocycles. The van der Waals surface area contributed by atoms with Crippen LogP contribution in [0.3, 0.4) is 0 Å². The molecule has 1 aliphatic rings. The van der Waals surface area contributed by atoms with Crippen molar-refractivity contribution in [3.8, 4) is 0 Å². The van der Waals surface area contributed by atoms with E-state index >= 15 is 0 Å². The molecule has 0 radical (unpaired) electrons. The monoisotopic (exact) mass is 206 g/mol. The minimum Gasteiger partial charge on any atom is -0.376 e. The van der Waals surface area contributed by atoms with E-state index < -0.39 is 0 Å². The van der Waals surface area contributed by atoms with Crippen molar-refractivity contribution in [1.29, 1.82) is 0 Å². The van der Waals surface area contributed by atoms with Gasteiger partial charge in [0, 0.05) is 39.0 Å². The van der Waals surface area contributed by atoms with Crippen molar-refractivity contribution < 1.29 is 4.79 Å². The fraction of sp³-hybridized carbons (Fsp3) is 0.583. The molecule has 0 amide bonds. The molecule has 0 spiro atoms. The largest absolute Gasteiger partial charge is 0.376 e. The first-order valence-corrected chi connectivity index (χ1v) is 5.42. The molecule has 1 aliphatic carbocycles. The number of carbonyl (C=O) groups is 1. The predicted octanol–water partition coefficient (Wildman–Crippen LogP) is 1.92. The molecular formula is C12H18N2O. The van der Waals surface area contributed by atoms with E-state index in [0.29, 0.717) is 12.2 Å². The van der Waals surface area contributed by atoms with Gasteiger partial charge >= 0.3 is 0 Å². The van der Waals surface area contributed by atoms with E-state index in [2.05, 4.69) is 23.4 Å². The van der Waals surface area contributed by atoms with Crippen LogP contribution in [0.4, 0.5) is 5.69 Å². The van der Waals surface area contributed by atoms with Crippen LogP contribution in [0.25, 0.3) is 0 Å². The van der Waals surface area contributed by atoms with Gasteiger partial charge in [-0.25, -0.2) is 0 Å². The lowest BCUT2D eigenvalue weighted by molar-refractivity contribution is 0.0972. The number of rotatable bonds is 1. The molecule has 1 aromatic rings. The van der Waals surface area contributed by atoms with Crippen LogP contribution >= 0.6 is 0 Å².